The SMILES string of the molecule is Cc1nn(C)cc1C(=O)N(CC(=O)O)CC1CC1. The van der Waals surface area contributed by atoms with Gasteiger partial charge in [-0.25, -0.2) is 0 Å². The smallest absolute Gasteiger partial charge is 0.323 e. The van der Waals surface area contributed by atoms with Gasteiger partial charge in [0.25, 0.3) is 5.91 Å². The van der Waals surface area contributed by atoms with Gasteiger partial charge in [-0.1, -0.05) is 0 Å². The van der Waals surface area contributed by atoms with Gasteiger partial charge in [-0.3, -0.25) is 14.3 Å². The molecule has 0 unspecified atom stereocenters. The van der Waals surface area contributed by atoms with Gasteiger partial charge in [0.2, 0.25) is 0 Å². The average Bonchev–Trinajstić information content (AvgIpc) is 3.01. The molecule has 1 aliphatic carbocycles. The van der Waals surface area contributed by atoms with E-state index >= 15 is 0 Å². The summed E-state index contributed by atoms with van der Waals surface area (Å²) in [6, 6.07) is 0. The molecule has 0 spiro atoms. The van der Waals surface area contributed by atoms with Crippen LogP contribution < -0.4 is 0 Å². The third-order valence-electron chi connectivity index (χ3n) is 3.03. The zero-order valence-corrected chi connectivity index (χ0v) is 10.6. The number of carbonyl (C=O) groups excluding carboxylic acids is 1. The van der Waals surface area contributed by atoms with Crippen LogP contribution in [0.4, 0.5) is 0 Å². The van der Waals surface area contributed by atoms with Gasteiger partial charge in [0, 0.05) is 19.8 Å². The second-order valence-corrected chi connectivity index (χ2v) is 4.82. The van der Waals surface area contributed by atoms with E-state index in [1.165, 1.54) is 4.90 Å². The molecule has 1 saturated carbocycles. The van der Waals surface area contributed by atoms with Crippen molar-refractivity contribution in [2.24, 2.45) is 13.0 Å². The van der Waals surface area contributed by atoms with Crippen molar-refractivity contribution in [3.05, 3.63) is 17.5 Å². The van der Waals surface area contributed by atoms with Crippen molar-refractivity contribution < 1.29 is 14.7 Å². The Hall–Kier alpha value is -1.85. The van der Waals surface area contributed by atoms with E-state index in [-0.39, 0.29) is 12.5 Å². The Balaban J connectivity index is 2.15. The number of hydrogen-bond acceptors (Lipinski definition) is 3. The first-order valence-corrected chi connectivity index (χ1v) is 5.98. The van der Waals surface area contributed by atoms with Gasteiger partial charge in [0.15, 0.2) is 0 Å². The molecule has 1 aliphatic rings. The van der Waals surface area contributed by atoms with Crippen molar-refractivity contribution >= 4 is 11.9 Å². The summed E-state index contributed by atoms with van der Waals surface area (Å²) in [5.41, 5.74) is 1.12. The number of aliphatic carboxylic acids is 1. The number of hydrogen-bond donors (Lipinski definition) is 1. The van der Waals surface area contributed by atoms with Crippen LogP contribution in [0.25, 0.3) is 0 Å². The second-order valence-electron chi connectivity index (χ2n) is 4.82. The molecule has 98 valence electrons. The average molecular weight is 251 g/mol. The maximum Gasteiger partial charge on any atom is 0.323 e. The zero-order valence-electron chi connectivity index (χ0n) is 10.6. The van der Waals surface area contributed by atoms with Crippen LogP contribution in [0.15, 0.2) is 6.20 Å². The summed E-state index contributed by atoms with van der Waals surface area (Å²) in [6.07, 6.45) is 3.80. The molecule has 6 heteroatoms. The van der Waals surface area contributed by atoms with E-state index < -0.39 is 5.97 Å². The molecule has 0 saturated heterocycles. The van der Waals surface area contributed by atoms with E-state index in [1.54, 1.807) is 24.9 Å². The predicted octanol–water partition coefficient (Wildman–Crippen LogP) is 0.665. The topological polar surface area (TPSA) is 75.4 Å². The van der Waals surface area contributed by atoms with Crippen molar-refractivity contribution in [1.29, 1.82) is 0 Å². The second kappa shape index (κ2) is 4.80. The standard InChI is InChI=1S/C12H17N3O3/c1-8-10(6-14(2)13-8)12(18)15(7-11(16)17)5-9-3-4-9/h6,9H,3-5,7H2,1-2H3,(H,16,17). The maximum absolute atomic E-state index is 12.3. The summed E-state index contributed by atoms with van der Waals surface area (Å²) in [6.45, 7) is 2.03. The van der Waals surface area contributed by atoms with Gasteiger partial charge >= 0.3 is 5.97 Å². The third kappa shape index (κ3) is 2.88. The van der Waals surface area contributed by atoms with Gasteiger partial charge in [-0.05, 0) is 25.7 Å². The predicted molar refractivity (Wildman–Crippen MR) is 64.2 cm³/mol. The first-order valence-electron chi connectivity index (χ1n) is 5.98. The highest BCUT2D eigenvalue weighted by Gasteiger charge is 2.29. The largest absolute Gasteiger partial charge is 0.480 e. The fourth-order valence-corrected chi connectivity index (χ4v) is 1.97. The lowest BCUT2D eigenvalue weighted by molar-refractivity contribution is -0.137. The number of rotatable bonds is 5. The van der Waals surface area contributed by atoms with Gasteiger partial charge in [-0.2, -0.15) is 5.10 Å². The van der Waals surface area contributed by atoms with Gasteiger partial charge < -0.3 is 10.0 Å². The normalized spacial score (nSPS) is 14.6. The Bertz CT molecular complexity index is 477. The molecule has 1 aromatic heterocycles. The highest BCUT2D eigenvalue weighted by Crippen LogP contribution is 2.30. The monoisotopic (exact) mass is 251 g/mol. The summed E-state index contributed by atoms with van der Waals surface area (Å²) in [5, 5.41) is 13.0. The molecule has 0 aromatic carbocycles. The van der Waals surface area contributed by atoms with Gasteiger partial charge in [-0.15, -0.1) is 0 Å². The van der Waals surface area contributed by atoms with E-state index in [4.69, 9.17) is 5.11 Å². The van der Waals surface area contributed by atoms with Crippen LogP contribution in [0.2, 0.25) is 0 Å². The number of carboxylic acid groups (broad SMARTS) is 1. The van der Waals surface area contributed by atoms with Crippen LogP contribution in [-0.2, 0) is 11.8 Å². The third-order valence-corrected chi connectivity index (χ3v) is 3.03. The van der Waals surface area contributed by atoms with Crippen molar-refractivity contribution in [2.75, 3.05) is 13.1 Å². The number of nitrogens with zero attached hydrogens (tertiary/aromatic N) is 3. The van der Waals surface area contributed by atoms with Crippen molar-refractivity contribution in [3.8, 4) is 0 Å². The van der Waals surface area contributed by atoms with Gasteiger partial charge in [0.05, 0.1) is 11.3 Å². The van der Waals surface area contributed by atoms with Crippen molar-refractivity contribution in [1.82, 2.24) is 14.7 Å². The fraction of sp³-hybridized carbons (Fsp3) is 0.583. The van der Waals surface area contributed by atoms with Crippen LogP contribution in [0, 0.1) is 12.8 Å². The summed E-state index contributed by atoms with van der Waals surface area (Å²) < 4.78 is 1.57. The molecule has 1 amide bonds. The molecule has 1 fully saturated rings. The minimum atomic E-state index is -0.981. The molecule has 0 bridgehead atoms. The van der Waals surface area contributed by atoms with Crippen LogP contribution in [0.5, 0.6) is 0 Å². The van der Waals surface area contributed by atoms with Crippen LogP contribution in [-0.4, -0.2) is 44.8 Å². The zero-order chi connectivity index (χ0) is 13.3. The van der Waals surface area contributed by atoms with Crippen LogP contribution in [0.3, 0.4) is 0 Å². The molecule has 0 atom stereocenters. The molecule has 0 radical (unpaired) electrons. The highest BCUT2D eigenvalue weighted by atomic mass is 16.4. The minimum absolute atomic E-state index is 0.241. The van der Waals surface area contributed by atoms with E-state index in [0.717, 1.165) is 12.8 Å². The maximum atomic E-state index is 12.3. The number of aryl methyl sites for hydroxylation is 2. The van der Waals surface area contributed by atoms with Gasteiger partial charge in [0.1, 0.15) is 6.54 Å². The van der Waals surface area contributed by atoms with Crippen molar-refractivity contribution in [2.45, 2.75) is 19.8 Å². The quantitative estimate of drug-likeness (QED) is 0.834. The lowest BCUT2D eigenvalue weighted by Crippen LogP contribution is -2.37. The van der Waals surface area contributed by atoms with E-state index in [1.807, 2.05) is 0 Å². The lowest BCUT2D eigenvalue weighted by atomic mass is 10.2. The molecule has 0 aliphatic heterocycles. The number of amides is 1. The van der Waals surface area contributed by atoms with E-state index in [2.05, 4.69) is 5.10 Å². The summed E-state index contributed by atoms with van der Waals surface area (Å²) in [4.78, 5) is 24.5. The Morgan fingerprint density at radius 2 is 2.22 bits per heavy atom. The van der Waals surface area contributed by atoms with Crippen LogP contribution >= 0.6 is 0 Å². The summed E-state index contributed by atoms with van der Waals surface area (Å²) in [7, 11) is 1.74. The minimum Gasteiger partial charge on any atom is -0.480 e. The molecule has 1 N–H and O–H groups in total. The molecular weight excluding hydrogens is 234 g/mol. The molecule has 18 heavy (non-hydrogen) atoms. The highest BCUT2D eigenvalue weighted by molar-refractivity contribution is 5.96. The molecule has 6 nitrogen and oxygen atoms in total. The lowest BCUT2D eigenvalue weighted by Gasteiger charge is -2.20. The van der Waals surface area contributed by atoms with Crippen molar-refractivity contribution in [3.63, 3.8) is 0 Å². The fourth-order valence-electron chi connectivity index (χ4n) is 1.97. The van der Waals surface area contributed by atoms with E-state index in [9.17, 15) is 9.59 Å². The number of carboxylic acids is 1. The Kier molecular flexibility index (Phi) is 3.36. The Morgan fingerprint density at radius 1 is 1.56 bits per heavy atom. The Labute approximate surface area is 105 Å². The molecular formula is C12H17N3O3. The first kappa shape index (κ1) is 12.6. The Morgan fingerprint density at radius 3 is 2.67 bits per heavy atom. The molecule has 1 heterocycles. The first-order chi connectivity index (χ1) is 8.47. The number of carbonyl (C=O) groups is 2. The summed E-state index contributed by atoms with van der Waals surface area (Å²) in [5.74, 6) is -0.759. The van der Waals surface area contributed by atoms with Crippen LogP contribution in [0.1, 0.15) is 28.9 Å². The molecule has 2 rings (SSSR count). The molecule has 1 aromatic rings. The summed E-state index contributed by atoms with van der Waals surface area (Å²) >= 11 is 0. The number of aromatic nitrogens is 2. The van der Waals surface area contributed by atoms with E-state index in [0.29, 0.717) is 23.7 Å².